The van der Waals surface area contributed by atoms with Gasteiger partial charge in [0, 0.05) is 13.0 Å². The van der Waals surface area contributed by atoms with E-state index in [-0.39, 0.29) is 23.5 Å². The fourth-order valence-corrected chi connectivity index (χ4v) is 3.44. The minimum Gasteiger partial charge on any atom is -0.497 e. The first kappa shape index (κ1) is 13.2. The summed E-state index contributed by atoms with van der Waals surface area (Å²) in [4.78, 5) is 12.1. The number of ether oxygens (including phenoxy) is 2. The fourth-order valence-electron chi connectivity index (χ4n) is 3.44. The molecule has 1 aliphatic carbocycles. The second kappa shape index (κ2) is 4.78. The quantitative estimate of drug-likeness (QED) is 0.785. The first-order valence-electron chi connectivity index (χ1n) is 7.29. The Morgan fingerprint density at radius 1 is 1.43 bits per heavy atom. The molecule has 0 bridgehead atoms. The van der Waals surface area contributed by atoms with E-state index >= 15 is 0 Å². The molecule has 6 heteroatoms. The molecule has 3 atom stereocenters. The lowest BCUT2D eigenvalue weighted by molar-refractivity contribution is -0.124. The third-order valence-electron chi connectivity index (χ3n) is 4.72. The van der Waals surface area contributed by atoms with Crippen LogP contribution in [-0.4, -0.2) is 42.2 Å². The summed E-state index contributed by atoms with van der Waals surface area (Å²) in [6.45, 7) is 1.47. The second-order valence-electron chi connectivity index (χ2n) is 5.97. The van der Waals surface area contributed by atoms with Crippen molar-refractivity contribution in [2.24, 2.45) is 0 Å². The van der Waals surface area contributed by atoms with Gasteiger partial charge in [-0.25, -0.2) is 10.4 Å². The number of methoxy groups -OCH3 is 1. The van der Waals surface area contributed by atoms with Crippen molar-refractivity contribution < 1.29 is 14.3 Å². The van der Waals surface area contributed by atoms with E-state index in [1.165, 1.54) is 5.56 Å². The Labute approximate surface area is 123 Å². The predicted molar refractivity (Wildman–Crippen MR) is 75.3 cm³/mol. The summed E-state index contributed by atoms with van der Waals surface area (Å²) in [5.41, 5.74) is 7.30. The van der Waals surface area contributed by atoms with Gasteiger partial charge >= 0.3 is 0 Å². The first-order chi connectivity index (χ1) is 10.2. The maximum Gasteiger partial charge on any atom is 0.153 e. The van der Waals surface area contributed by atoms with Crippen LogP contribution in [0.1, 0.15) is 18.4 Å². The van der Waals surface area contributed by atoms with Crippen LogP contribution in [-0.2, 0) is 16.1 Å². The summed E-state index contributed by atoms with van der Waals surface area (Å²) >= 11 is 0. The highest BCUT2D eigenvalue weighted by Gasteiger charge is 2.62. The average molecular weight is 289 g/mol. The third kappa shape index (κ3) is 2.15. The molecule has 2 heterocycles. The van der Waals surface area contributed by atoms with Crippen molar-refractivity contribution in [1.82, 2.24) is 16.0 Å². The summed E-state index contributed by atoms with van der Waals surface area (Å²) < 4.78 is 10.9. The summed E-state index contributed by atoms with van der Waals surface area (Å²) in [5, 5.41) is 2.09. The van der Waals surface area contributed by atoms with Crippen LogP contribution in [0.3, 0.4) is 0 Å². The van der Waals surface area contributed by atoms with Crippen LogP contribution in [0.15, 0.2) is 24.3 Å². The van der Waals surface area contributed by atoms with E-state index in [1.807, 2.05) is 24.3 Å². The van der Waals surface area contributed by atoms with Crippen molar-refractivity contribution in [2.45, 2.75) is 37.1 Å². The highest BCUT2D eigenvalue weighted by molar-refractivity contribution is 5.86. The third-order valence-corrected chi connectivity index (χ3v) is 4.72. The van der Waals surface area contributed by atoms with E-state index in [4.69, 9.17) is 9.47 Å². The van der Waals surface area contributed by atoms with Crippen molar-refractivity contribution in [1.29, 1.82) is 0 Å². The zero-order valence-electron chi connectivity index (χ0n) is 12.0. The number of hydrogen-bond acceptors (Lipinski definition) is 6. The topological polar surface area (TPSA) is 66.1 Å². The van der Waals surface area contributed by atoms with Crippen LogP contribution in [0.25, 0.3) is 0 Å². The van der Waals surface area contributed by atoms with Gasteiger partial charge in [0.2, 0.25) is 0 Å². The van der Waals surface area contributed by atoms with Crippen LogP contribution < -0.4 is 15.7 Å². The van der Waals surface area contributed by atoms with Crippen molar-refractivity contribution in [3.8, 4) is 5.75 Å². The molecule has 2 aliphatic heterocycles. The van der Waals surface area contributed by atoms with Gasteiger partial charge in [-0.1, -0.05) is 12.1 Å². The van der Waals surface area contributed by atoms with E-state index in [0.29, 0.717) is 6.42 Å². The van der Waals surface area contributed by atoms with Gasteiger partial charge in [0.05, 0.1) is 19.8 Å². The highest BCUT2D eigenvalue weighted by atomic mass is 16.6. The van der Waals surface area contributed by atoms with Crippen LogP contribution >= 0.6 is 0 Å². The van der Waals surface area contributed by atoms with Crippen LogP contribution in [0.5, 0.6) is 5.75 Å². The molecule has 1 saturated carbocycles. The predicted octanol–water partition coefficient (Wildman–Crippen LogP) is 0.389. The molecule has 2 saturated heterocycles. The van der Waals surface area contributed by atoms with Crippen molar-refractivity contribution in [3.05, 3.63) is 29.8 Å². The van der Waals surface area contributed by atoms with Crippen LogP contribution in [0.4, 0.5) is 0 Å². The zero-order valence-corrected chi connectivity index (χ0v) is 12.0. The van der Waals surface area contributed by atoms with Crippen molar-refractivity contribution in [3.63, 3.8) is 0 Å². The molecule has 112 valence electrons. The van der Waals surface area contributed by atoms with Gasteiger partial charge in [-0.15, -0.1) is 0 Å². The van der Waals surface area contributed by atoms with Gasteiger partial charge in [0.1, 0.15) is 17.4 Å². The lowest BCUT2D eigenvalue weighted by Gasteiger charge is -2.33. The van der Waals surface area contributed by atoms with Gasteiger partial charge in [0.25, 0.3) is 0 Å². The van der Waals surface area contributed by atoms with Crippen LogP contribution in [0, 0.1) is 0 Å². The molecule has 1 aromatic carbocycles. The Morgan fingerprint density at radius 2 is 2.19 bits per heavy atom. The van der Waals surface area contributed by atoms with Gasteiger partial charge in [0.15, 0.2) is 5.78 Å². The summed E-state index contributed by atoms with van der Waals surface area (Å²) in [6, 6.07) is 7.88. The van der Waals surface area contributed by atoms with E-state index in [2.05, 4.69) is 16.0 Å². The smallest absolute Gasteiger partial charge is 0.153 e. The number of carbonyl (C=O) groups excluding carboxylic acids is 1. The van der Waals surface area contributed by atoms with Gasteiger partial charge < -0.3 is 9.47 Å². The maximum absolute atomic E-state index is 12.1. The molecule has 21 heavy (non-hydrogen) atoms. The largest absolute Gasteiger partial charge is 0.497 e. The molecule has 2 N–H and O–H groups in total. The van der Waals surface area contributed by atoms with Crippen molar-refractivity contribution in [2.75, 3.05) is 13.7 Å². The second-order valence-corrected chi connectivity index (χ2v) is 5.97. The number of epoxide rings is 1. The van der Waals surface area contributed by atoms with E-state index in [0.717, 1.165) is 25.3 Å². The molecule has 1 spiro atoms. The molecular weight excluding hydrogens is 270 g/mol. The number of carbonyl (C=O) groups is 1. The number of hydrogen-bond donors (Lipinski definition) is 2. The lowest BCUT2D eigenvalue weighted by Crippen LogP contribution is -2.54. The molecule has 1 aromatic rings. The molecule has 3 unspecified atom stereocenters. The minimum atomic E-state index is -0.167. The Morgan fingerprint density at radius 3 is 2.86 bits per heavy atom. The number of Topliss-reactive ketones (excluding diaryl/α,β-unsaturated/α-hetero) is 1. The molecule has 6 nitrogen and oxygen atoms in total. The standard InChI is InChI=1S/C15H19N3O3/c1-20-11-4-2-10(3-5-11)8-18-14-13(16-17-18)12(19)6-7-15(14)9-21-15/h2-5,13-14,16-17H,6-9H2,1H3. The summed E-state index contributed by atoms with van der Waals surface area (Å²) in [5.74, 6) is 1.12. The van der Waals surface area contributed by atoms with E-state index < -0.39 is 0 Å². The van der Waals surface area contributed by atoms with Crippen molar-refractivity contribution >= 4 is 5.78 Å². The lowest BCUT2D eigenvalue weighted by atomic mass is 9.80. The molecule has 3 fully saturated rings. The van der Waals surface area contributed by atoms with Gasteiger partial charge in [-0.3, -0.25) is 4.79 Å². The number of nitrogens with zero attached hydrogens (tertiary/aromatic N) is 1. The molecule has 4 rings (SSSR count). The number of fused-ring (bicyclic) bond motifs is 2. The zero-order chi connectivity index (χ0) is 14.4. The fraction of sp³-hybridized carbons (Fsp3) is 0.533. The number of benzene rings is 1. The first-order valence-corrected chi connectivity index (χ1v) is 7.29. The van der Waals surface area contributed by atoms with E-state index in [9.17, 15) is 4.79 Å². The summed E-state index contributed by atoms with van der Waals surface area (Å²) in [6.07, 6.45) is 1.43. The number of ketones is 1. The summed E-state index contributed by atoms with van der Waals surface area (Å²) in [7, 11) is 1.66. The van der Waals surface area contributed by atoms with Gasteiger partial charge in [-0.2, -0.15) is 5.53 Å². The Balaban J connectivity index is 1.53. The molecule has 0 amide bonds. The highest BCUT2D eigenvalue weighted by Crippen LogP contribution is 2.44. The Kier molecular flexibility index (Phi) is 3.00. The van der Waals surface area contributed by atoms with E-state index in [1.54, 1.807) is 7.11 Å². The SMILES string of the molecule is COc1ccc(CN2NNC3C(=O)CCC4(CO4)C32)cc1. The van der Waals surface area contributed by atoms with Crippen LogP contribution in [0.2, 0.25) is 0 Å². The molecule has 0 radical (unpaired) electrons. The maximum atomic E-state index is 12.1. The Hall–Kier alpha value is -1.47. The van der Waals surface area contributed by atoms with Gasteiger partial charge in [-0.05, 0) is 24.1 Å². The number of rotatable bonds is 3. The molecule has 3 aliphatic rings. The molecular formula is C15H19N3O3. The number of hydrazine groups is 2. The normalized spacial score (nSPS) is 35.0. The average Bonchev–Trinajstić information content (AvgIpc) is 3.16. The number of nitrogens with one attached hydrogen (secondary N) is 2. The molecule has 0 aromatic heterocycles. The minimum absolute atomic E-state index is 0.0702. The Bertz CT molecular complexity index is 556. The monoisotopic (exact) mass is 289 g/mol.